The van der Waals surface area contributed by atoms with Crippen molar-refractivity contribution < 1.29 is 18.5 Å². The number of aromatic nitrogens is 4. The summed E-state index contributed by atoms with van der Waals surface area (Å²) in [5.41, 5.74) is 4.85. The topological polar surface area (TPSA) is 103 Å². The number of amides is 1. The van der Waals surface area contributed by atoms with Crippen LogP contribution in [0.5, 0.6) is 0 Å². The third-order valence-corrected chi connectivity index (χ3v) is 6.62. The van der Waals surface area contributed by atoms with E-state index < -0.39 is 0 Å². The number of rotatable bonds is 7. The number of piperidine rings is 1. The second-order valence-electron chi connectivity index (χ2n) is 8.74. The minimum absolute atomic E-state index is 0.0970. The molecule has 0 aromatic carbocycles. The van der Waals surface area contributed by atoms with Crippen molar-refractivity contribution in [1.29, 1.82) is 0 Å². The summed E-state index contributed by atoms with van der Waals surface area (Å²) in [7, 11) is 1.68. The molecule has 2 aliphatic rings. The number of likely N-dealkylation sites (tertiary alicyclic amines) is 1. The molecule has 0 saturated carbocycles. The van der Waals surface area contributed by atoms with E-state index in [-0.39, 0.29) is 5.91 Å². The van der Waals surface area contributed by atoms with Gasteiger partial charge in [-0.3, -0.25) is 14.4 Å². The highest BCUT2D eigenvalue weighted by atomic mass is 16.5. The molecule has 0 bridgehead atoms. The fourth-order valence-electron chi connectivity index (χ4n) is 4.80. The molecule has 3 aromatic rings. The number of fused-ring (bicyclic) bond motifs is 1. The smallest absolute Gasteiger partial charge is 0.276 e. The highest BCUT2D eigenvalue weighted by Gasteiger charge is 2.32. The maximum atomic E-state index is 13.6. The van der Waals surface area contributed by atoms with Crippen LogP contribution in [0.2, 0.25) is 0 Å². The SMILES string of the molecule is COCCn1nc(-c2cocn2)c2c1CCN(C(=O)c1noc(C)c1CN1CCCCC1)C2. The maximum Gasteiger partial charge on any atom is 0.276 e. The lowest BCUT2D eigenvalue weighted by atomic mass is 10.0. The molecule has 0 radical (unpaired) electrons. The summed E-state index contributed by atoms with van der Waals surface area (Å²) in [5, 5.41) is 8.95. The number of carbonyl (C=O) groups is 1. The Labute approximate surface area is 192 Å². The summed E-state index contributed by atoms with van der Waals surface area (Å²) in [6, 6.07) is 0. The van der Waals surface area contributed by atoms with E-state index >= 15 is 0 Å². The van der Waals surface area contributed by atoms with Gasteiger partial charge >= 0.3 is 0 Å². The molecule has 5 heterocycles. The van der Waals surface area contributed by atoms with Crippen LogP contribution in [0, 0.1) is 6.92 Å². The number of hydrogen-bond donors (Lipinski definition) is 0. The number of nitrogens with zero attached hydrogens (tertiary/aromatic N) is 6. The van der Waals surface area contributed by atoms with Crippen LogP contribution in [-0.4, -0.2) is 69.0 Å². The fraction of sp³-hybridized carbons (Fsp3) is 0.565. The van der Waals surface area contributed by atoms with Crippen molar-refractivity contribution in [3.8, 4) is 11.4 Å². The molecule has 0 atom stereocenters. The largest absolute Gasteiger partial charge is 0.451 e. The molecular weight excluding hydrogens is 424 g/mol. The van der Waals surface area contributed by atoms with Gasteiger partial charge in [-0.25, -0.2) is 4.98 Å². The lowest BCUT2D eigenvalue weighted by Gasteiger charge is -2.28. The maximum absolute atomic E-state index is 13.6. The molecule has 0 aliphatic carbocycles. The summed E-state index contributed by atoms with van der Waals surface area (Å²) in [5.74, 6) is 0.623. The van der Waals surface area contributed by atoms with Gasteiger partial charge in [-0.1, -0.05) is 11.6 Å². The monoisotopic (exact) mass is 454 g/mol. The zero-order valence-electron chi connectivity index (χ0n) is 19.2. The minimum Gasteiger partial charge on any atom is -0.451 e. The Kier molecular flexibility index (Phi) is 6.28. The first kappa shape index (κ1) is 21.8. The summed E-state index contributed by atoms with van der Waals surface area (Å²) in [4.78, 5) is 22.1. The average Bonchev–Trinajstić information content (AvgIpc) is 3.57. The van der Waals surface area contributed by atoms with Crippen LogP contribution in [-0.2, 0) is 30.8 Å². The Morgan fingerprint density at radius 2 is 2.06 bits per heavy atom. The van der Waals surface area contributed by atoms with E-state index in [4.69, 9.17) is 18.8 Å². The standard InChI is InChI=1S/C23H30N6O4/c1-16-17(12-27-7-4-3-5-8-27)22(26-33-16)23(30)28-9-6-20-18(13-28)21(19-14-32-15-24-19)25-29(20)10-11-31-2/h14-15H,3-13H2,1-2H3. The van der Waals surface area contributed by atoms with Gasteiger partial charge in [0.15, 0.2) is 12.1 Å². The molecule has 2 aliphatic heterocycles. The van der Waals surface area contributed by atoms with Gasteiger partial charge < -0.3 is 18.6 Å². The Hall–Kier alpha value is -2.98. The van der Waals surface area contributed by atoms with Crippen LogP contribution in [0.3, 0.4) is 0 Å². The highest BCUT2D eigenvalue weighted by Crippen LogP contribution is 2.30. The van der Waals surface area contributed by atoms with Crippen LogP contribution < -0.4 is 0 Å². The van der Waals surface area contributed by atoms with Gasteiger partial charge in [-0.05, 0) is 32.9 Å². The van der Waals surface area contributed by atoms with E-state index in [0.717, 1.165) is 41.4 Å². The van der Waals surface area contributed by atoms with E-state index in [1.54, 1.807) is 13.4 Å². The van der Waals surface area contributed by atoms with E-state index in [1.807, 2.05) is 16.5 Å². The quantitative estimate of drug-likeness (QED) is 0.537. The van der Waals surface area contributed by atoms with Gasteiger partial charge in [0.1, 0.15) is 23.4 Å². The second-order valence-corrected chi connectivity index (χ2v) is 8.74. The van der Waals surface area contributed by atoms with Crippen molar-refractivity contribution in [2.75, 3.05) is 33.4 Å². The number of aryl methyl sites for hydroxylation is 1. The van der Waals surface area contributed by atoms with Gasteiger partial charge in [0.05, 0.1) is 19.7 Å². The number of oxazole rings is 1. The zero-order valence-corrected chi connectivity index (χ0v) is 19.2. The van der Waals surface area contributed by atoms with Gasteiger partial charge in [0.25, 0.3) is 5.91 Å². The van der Waals surface area contributed by atoms with E-state index in [2.05, 4.69) is 15.0 Å². The first-order valence-electron chi connectivity index (χ1n) is 11.6. The van der Waals surface area contributed by atoms with Crippen LogP contribution in [0.15, 0.2) is 21.6 Å². The van der Waals surface area contributed by atoms with Crippen molar-refractivity contribution in [1.82, 2.24) is 29.7 Å². The van der Waals surface area contributed by atoms with Crippen LogP contribution in [0.4, 0.5) is 0 Å². The molecule has 0 spiro atoms. The molecule has 10 nitrogen and oxygen atoms in total. The molecule has 33 heavy (non-hydrogen) atoms. The molecule has 1 fully saturated rings. The predicted molar refractivity (Wildman–Crippen MR) is 118 cm³/mol. The first-order valence-corrected chi connectivity index (χ1v) is 11.6. The summed E-state index contributed by atoms with van der Waals surface area (Å²) in [6.45, 7) is 6.94. The highest BCUT2D eigenvalue weighted by molar-refractivity contribution is 5.94. The van der Waals surface area contributed by atoms with Crippen LogP contribution in [0.1, 0.15) is 52.3 Å². The molecule has 1 amide bonds. The predicted octanol–water partition coefficient (Wildman–Crippen LogP) is 2.67. The Morgan fingerprint density at radius 1 is 1.21 bits per heavy atom. The Morgan fingerprint density at radius 3 is 2.82 bits per heavy atom. The first-order chi connectivity index (χ1) is 16.2. The van der Waals surface area contributed by atoms with Crippen molar-refractivity contribution in [3.63, 3.8) is 0 Å². The lowest BCUT2D eigenvalue weighted by molar-refractivity contribution is 0.0720. The van der Waals surface area contributed by atoms with E-state index in [0.29, 0.717) is 50.6 Å². The van der Waals surface area contributed by atoms with Gasteiger partial charge in [0.2, 0.25) is 0 Å². The summed E-state index contributed by atoms with van der Waals surface area (Å²) >= 11 is 0. The molecule has 5 rings (SSSR count). The van der Waals surface area contributed by atoms with E-state index in [9.17, 15) is 4.79 Å². The molecule has 10 heteroatoms. The Bertz CT molecular complexity index is 1100. The average molecular weight is 455 g/mol. The van der Waals surface area contributed by atoms with Crippen LogP contribution >= 0.6 is 0 Å². The summed E-state index contributed by atoms with van der Waals surface area (Å²) in [6.07, 6.45) is 7.34. The molecule has 176 valence electrons. The molecule has 1 saturated heterocycles. The van der Waals surface area contributed by atoms with Crippen LogP contribution in [0.25, 0.3) is 11.4 Å². The number of methoxy groups -OCH3 is 1. The van der Waals surface area contributed by atoms with Crippen molar-refractivity contribution in [2.45, 2.75) is 52.2 Å². The normalized spacial score (nSPS) is 16.8. The van der Waals surface area contributed by atoms with Gasteiger partial charge in [0, 0.05) is 43.4 Å². The summed E-state index contributed by atoms with van der Waals surface area (Å²) < 4.78 is 17.9. The molecule has 0 unspecified atom stereocenters. The number of hydrogen-bond acceptors (Lipinski definition) is 8. The van der Waals surface area contributed by atoms with Crippen molar-refractivity contribution in [2.24, 2.45) is 0 Å². The fourth-order valence-corrected chi connectivity index (χ4v) is 4.80. The third kappa shape index (κ3) is 4.32. The molecule has 3 aromatic heterocycles. The Balaban J connectivity index is 1.40. The van der Waals surface area contributed by atoms with Gasteiger partial charge in [-0.15, -0.1) is 0 Å². The molecule has 0 N–H and O–H groups in total. The van der Waals surface area contributed by atoms with Crippen molar-refractivity contribution in [3.05, 3.63) is 40.9 Å². The third-order valence-electron chi connectivity index (χ3n) is 6.62. The number of carbonyl (C=O) groups excluding carboxylic acids is 1. The number of ether oxygens (including phenoxy) is 1. The molecular formula is C23H30N6O4. The van der Waals surface area contributed by atoms with E-state index in [1.165, 1.54) is 25.7 Å². The minimum atomic E-state index is -0.0970. The van der Waals surface area contributed by atoms with Crippen molar-refractivity contribution >= 4 is 5.91 Å². The van der Waals surface area contributed by atoms with Gasteiger partial charge in [-0.2, -0.15) is 5.10 Å². The lowest BCUT2D eigenvalue weighted by Crippen LogP contribution is -2.37. The second kappa shape index (κ2) is 9.48. The zero-order chi connectivity index (χ0) is 22.8.